The second-order valence-electron chi connectivity index (χ2n) is 4.12. The fourth-order valence-electron chi connectivity index (χ4n) is 1.57. The maximum atomic E-state index is 11.7. The zero-order chi connectivity index (χ0) is 13.7. The lowest BCUT2D eigenvalue weighted by Gasteiger charge is -2.05. The Labute approximate surface area is 116 Å². The predicted molar refractivity (Wildman–Crippen MR) is 78.0 cm³/mol. The van der Waals surface area contributed by atoms with Gasteiger partial charge in [0.15, 0.2) is 0 Å². The number of amides is 1. The first kappa shape index (κ1) is 13.5. The number of nitrogens with zero attached hydrogens (tertiary/aromatic N) is 2. The lowest BCUT2D eigenvalue weighted by molar-refractivity contribution is -0.115. The summed E-state index contributed by atoms with van der Waals surface area (Å²) in [5.74, 6) is 0.710. The van der Waals surface area contributed by atoms with Crippen LogP contribution in [-0.2, 0) is 11.8 Å². The molecule has 0 spiro atoms. The average Bonchev–Trinajstić information content (AvgIpc) is 2.75. The number of hydrogen-bond donors (Lipinski definition) is 2. The van der Waals surface area contributed by atoms with Crippen LogP contribution in [0.4, 0.5) is 11.4 Å². The van der Waals surface area contributed by atoms with Crippen molar-refractivity contribution >= 4 is 29.0 Å². The van der Waals surface area contributed by atoms with E-state index in [2.05, 4.69) is 10.4 Å². The van der Waals surface area contributed by atoms with Crippen molar-refractivity contribution in [2.45, 2.75) is 11.3 Å². The summed E-state index contributed by atoms with van der Waals surface area (Å²) in [7, 11) is 1.87. The second kappa shape index (κ2) is 6.29. The zero-order valence-electron chi connectivity index (χ0n) is 10.7. The fourth-order valence-corrected chi connectivity index (χ4v) is 2.45. The average molecular weight is 276 g/mol. The molecule has 5 nitrogen and oxygen atoms in total. The molecule has 0 fully saturated rings. The van der Waals surface area contributed by atoms with Crippen LogP contribution in [0.25, 0.3) is 0 Å². The van der Waals surface area contributed by atoms with E-state index in [1.807, 2.05) is 25.4 Å². The van der Waals surface area contributed by atoms with Crippen molar-refractivity contribution < 1.29 is 4.79 Å². The van der Waals surface area contributed by atoms with Crippen molar-refractivity contribution in [2.24, 2.45) is 7.05 Å². The molecule has 3 N–H and O–H groups in total. The molecule has 0 aliphatic carbocycles. The number of nitrogen functional groups attached to an aromatic ring is 1. The van der Waals surface area contributed by atoms with Crippen LogP contribution in [0.1, 0.15) is 6.42 Å². The van der Waals surface area contributed by atoms with Crippen LogP contribution in [0.3, 0.4) is 0 Å². The molecule has 0 saturated carbocycles. The van der Waals surface area contributed by atoms with Crippen molar-refractivity contribution in [3.8, 4) is 0 Å². The first-order valence-corrected chi connectivity index (χ1v) is 6.89. The van der Waals surface area contributed by atoms with Crippen LogP contribution in [0.5, 0.6) is 0 Å². The summed E-state index contributed by atoms with van der Waals surface area (Å²) < 4.78 is 1.75. The third kappa shape index (κ3) is 4.33. The Hall–Kier alpha value is -1.95. The molecule has 0 saturated heterocycles. The SMILES string of the molecule is Cn1cc(SCCC(=O)Nc2cccc(N)c2)cn1. The minimum atomic E-state index is -0.0120. The molecule has 1 aromatic carbocycles. The van der Waals surface area contributed by atoms with Gasteiger partial charge < -0.3 is 11.1 Å². The standard InChI is InChI=1S/C13H16N4OS/c1-17-9-12(8-15-17)19-6-5-13(18)16-11-4-2-3-10(14)7-11/h2-4,7-9H,5-6,14H2,1H3,(H,16,18). The van der Waals surface area contributed by atoms with Gasteiger partial charge in [0, 0.05) is 41.7 Å². The number of anilines is 2. The first-order valence-electron chi connectivity index (χ1n) is 5.90. The Morgan fingerprint density at radius 1 is 1.53 bits per heavy atom. The highest BCUT2D eigenvalue weighted by molar-refractivity contribution is 7.99. The second-order valence-corrected chi connectivity index (χ2v) is 5.29. The highest BCUT2D eigenvalue weighted by Crippen LogP contribution is 2.18. The van der Waals surface area contributed by atoms with Gasteiger partial charge in [-0.05, 0) is 18.2 Å². The van der Waals surface area contributed by atoms with Crippen molar-refractivity contribution in [3.63, 3.8) is 0 Å². The number of thioether (sulfide) groups is 1. The number of aryl methyl sites for hydroxylation is 1. The van der Waals surface area contributed by atoms with E-state index in [1.165, 1.54) is 0 Å². The molecule has 1 aromatic heterocycles. The van der Waals surface area contributed by atoms with Crippen LogP contribution >= 0.6 is 11.8 Å². The van der Waals surface area contributed by atoms with Crippen molar-refractivity contribution in [1.29, 1.82) is 0 Å². The number of benzene rings is 1. The molecular weight excluding hydrogens is 260 g/mol. The summed E-state index contributed by atoms with van der Waals surface area (Å²) in [4.78, 5) is 12.8. The van der Waals surface area contributed by atoms with Crippen molar-refractivity contribution in [2.75, 3.05) is 16.8 Å². The molecule has 19 heavy (non-hydrogen) atoms. The van der Waals surface area contributed by atoms with E-state index in [-0.39, 0.29) is 5.91 Å². The van der Waals surface area contributed by atoms with Gasteiger partial charge in [0.1, 0.15) is 0 Å². The summed E-state index contributed by atoms with van der Waals surface area (Å²) in [6.45, 7) is 0. The summed E-state index contributed by atoms with van der Waals surface area (Å²) in [5.41, 5.74) is 7.02. The number of aromatic nitrogens is 2. The number of rotatable bonds is 5. The van der Waals surface area contributed by atoms with Crippen molar-refractivity contribution in [3.05, 3.63) is 36.7 Å². The molecule has 2 aromatic rings. The monoisotopic (exact) mass is 276 g/mol. The number of hydrogen-bond acceptors (Lipinski definition) is 4. The van der Waals surface area contributed by atoms with Gasteiger partial charge in [-0.25, -0.2) is 0 Å². The molecule has 0 aliphatic rings. The molecule has 0 radical (unpaired) electrons. The summed E-state index contributed by atoms with van der Waals surface area (Å²) in [6, 6.07) is 7.16. The van der Waals surface area contributed by atoms with E-state index >= 15 is 0 Å². The quantitative estimate of drug-likeness (QED) is 0.648. The molecule has 0 atom stereocenters. The molecule has 1 amide bonds. The van der Waals surface area contributed by atoms with Gasteiger partial charge in [-0.1, -0.05) is 6.07 Å². The van der Waals surface area contributed by atoms with Crippen molar-refractivity contribution in [1.82, 2.24) is 9.78 Å². The maximum absolute atomic E-state index is 11.7. The third-order valence-electron chi connectivity index (χ3n) is 2.45. The van der Waals surface area contributed by atoms with Gasteiger partial charge in [0.25, 0.3) is 0 Å². The minimum Gasteiger partial charge on any atom is -0.399 e. The van der Waals surface area contributed by atoms with Gasteiger partial charge in [-0.3, -0.25) is 9.48 Å². The summed E-state index contributed by atoms with van der Waals surface area (Å²) >= 11 is 1.61. The van der Waals surface area contributed by atoms with E-state index in [1.54, 1.807) is 34.8 Å². The Morgan fingerprint density at radius 3 is 3.05 bits per heavy atom. The fraction of sp³-hybridized carbons (Fsp3) is 0.231. The van der Waals surface area contributed by atoms with Gasteiger partial charge in [-0.15, -0.1) is 11.8 Å². The van der Waals surface area contributed by atoms with Gasteiger partial charge in [0.05, 0.1) is 6.20 Å². The summed E-state index contributed by atoms with van der Waals surface area (Å²) in [5, 5.41) is 6.89. The van der Waals surface area contributed by atoms with Crippen LogP contribution in [-0.4, -0.2) is 21.4 Å². The number of nitrogens with one attached hydrogen (secondary N) is 1. The smallest absolute Gasteiger partial charge is 0.225 e. The molecule has 1 heterocycles. The van der Waals surface area contributed by atoms with E-state index in [0.717, 1.165) is 16.3 Å². The number of nitrogens with two attached hydrogens (primary N) is 1. The molecular formula is C13H16N4OS. The summed E-state index contributed by atoms with van der Waals surface area (Å²) in [6.07, 6.45) is 4.18. The molecule has 6 heteroatoms. The van der Waals surface area contributed by atoms with E-state index in [9.17, 15) is 4.79 Å². The van der Waals surface area contributed by atoms with Gasteiger partial charge in [0.2, 0.25) is 5.91 Å². The lowest BCUT2D eigenvalue weighted by Crippen LogP contribution is -2.12. The molecule has 0 unspecified atom stereocenters. The van der Waals surface area contributed by atoms with E-state index in [0.29, 0.717) is 12.1 Å². The molecule has 100 valence electrons. The van der Waals surface area contributed by atoms with Gasteiger partial charge >= 0.3 is 0 Å². The minimum absolute atomic E-state index is 0.0120. The molecule has 2 rings (SSSR count). The van der Waals surface area contributed by atoms with E-state index < -0.39 is 0 Å². The Kier molecular flexibility index (Phi) is 4.46. The topological polar surface area (TPSA) is 72.9 Å². The lowest BCUT2D eigenvalue weighted by atomic mass is 10.3. The Balaban J connectivity index is 1.76. The number of carbonyl (C=O) groups excluding carboxylic acids is 1. The molecule has 0 aliphatic heterocycles. The molecule has 0 bridgehead atoms. The van der Waals surface area contributed by atoms with Gasteiger partial charge in [-0.2, -0.15) is 5.10 Å². The third-order valence-corrected chi connectivity index (χ3v) is 3.40. The normalized spacial score (nSPS) is 10.4. The van der Waals surface area contributed by atoms with Crippen LogP contribution in [0.15, 0.2) is 41.6 Å². The van der Waals surface area contributed by atoms with E-state index in [4.69, 9.17) is 5.73 Å². The highest BCUT2D eigenvalue weighted by Gasteiger charge is 2.04. The van der Waals surface area contributed by atoms with Crippen LogP contribution in [0.2, 0.25) is 0 Å². The zero-order valence-corrected chi connectivity index (χ0v) is 11.5. The Bertz CT molecular complexity index is 567. The van der Waals surface area contributed by atoms with Crippen LogP contribution in [0, 0.1) is 0 Å². The number of carbonyl (C=O) groups is 1. The predicted octanol–water partition coefficient (Wildman–Crippen LogP) is 2.12. The first-order chi connectivity index (χ1) is 9.13. The maximum Gasteiger partial charge on any atom is 0.225 e. The largest absolute Gasteiger partial charge is 0.399 e. The highest BCUT2D eigenvalue weighted by atomic mass is 32.2. The Morgan fingerprint density at radius 2 is 2.37 bits per heavy atom. The van der Waals surface area contributed by atoms with Crippen LogP contribution < -0.4 is 11.1 Å².